The van der Waals surface area contributed by atoms with Crippen LogP contribution in [0.15, 0.2) is 22.7 Å². The predicted molar refractivity (Wildman–Crippen MR) is 59.4 cm³/mol. The van der Waals surface area contributed by atoms with Gasteiger partial charge in [-0.1, -0.05) is 37.9 Å². The monoisotopic (exact) mass is 308 g/mol. The van der Waals surface area contributed by atoms with E-state index in [1.807, 2.05) is 18.2 Å². The summed E-state index contributed by atoms with van der Waals surface area (Å²) in [5.74, 6) is 0.733. The molecule has 0 radical (unpaired) electrons. The van der Waals surface area contributed by atoms with E-state index < -0.39 is 0 Å². The highest BCUT2D eigenvalue weighted by atomic mass is 79.9. The van der Waals surface area contributed by atoms with Crippen molar-refractivity contribution in [1.29, 1.82) is 0 Å². The van der Waals surface area contributed by atoms with E-state index in [2.05, 4.69) is 31.9 Å². The smallest absolute Gasteiger partial charge is 0.125 e. The lowest BCUT2D eigenvalue weighted by Crippen LogP contribution is -2.00. The van der Waals surface area contributed by atoms with Crippen molar-refractivity contribution in [3.63, 3.8) is 0 Å². The van der Waals surface area contributed by atoms with Crippen LogP contribution in [0.3, 0.4) is 0 Å². The molecule has 0 aliphatic carbocycles. The summed E-state index contributed by atoms with van der Waals surface area (Å²) in [4.78, 5) is 0. The summed E-state index contributed by atoms with van der Waals surface area (Å²) in [6, 6.07) is 5.58. The van der Waals surface area contributed by atoms with Gasteiger partial charge in [0.15, 0.2) is 0 Å². The topological polar surface area (TPSA) is 29.5 Å². The molecule has 0 aliphatic heterocycles. The zero-order valence-electron chi connectivity index (χ0n) is 6.96. The van der Waals surface area contributed by atoms with Crippen molar-refractivity contribution in [3.05, 3.63) is 28.2 Å². The minimum Gasteiger partial charge on any atom is -0.492 e. The molecular formula is C9H10Br2O2. The van der Waals surface area contributed by atoms with E-state index >= 15 is 0 Å². The number of ether oxygens (including phenoxy) is 1. The zero-order valence-corrected chi connectivity index (χ0v) is 10.1. The molecule has 1 N–H and O–H groups in total. The second-order valence-electron chi connectivity index (χ2n) is 2.45. The Bertz CT molecular complexity index is 276. The van der Waals surface area contributed by atoms with Crippen molar-refractivity contribution in [2.24, 2.45) is 0 Å². The molecule has 0 fully saturated rings. The van der Waals surface area contributed by atoms with Gasteiger partial charge in [-0.3, -0.25) is 0 Å². The van der Waals surface area contributed by atoms with Crippen LogP contribution < -0.4 is 4.74 Å². The van der Waals surface area contributed by atoms with Gasteiger partial charge in [0.05, 0.1) is 13.2 Å². The molecule has 0 unspecified atom stereocenters. The molecule has 0 saturated carbocycles. The number of hydrogen-bond donors (Lipinski definition) is 1. The van der Waals surface area contributed by atoms with Crippen molar-refractivity contribution < 1.29 is 9.84 Å². The quantitative estimate of drug-likeness (QED) is 0.867. The van der Waals surface area contributed by atoms with Crippen molar-refractivity contribution in [1.82, 2.24) is 0 Å². The first-order valence-electron chi connectivity index (χ1n) is 3.86. The Labute approximate surface area is 94.2 Å². The molecule has 0 bridgehead atoms. The lowest BCUT2D eigenvalue weighted by molar-refractivity contribution is 0.267. The van der Waals surface area contributed by atoms with Crippen molar-refractivity contribution in [2.75, 3.05) is 11.9 Å². The number of hydrogen-bond acceptors (Lipinski definition) is 2. The zero-order chi connectivity index (χ0) is 9.68. The van der Waals surface area contributed by atoms with Gasteiger partial charge in [-0.2, -0.15) is 0 Å². The summed E-state index contributed by atoms with van der Waals surface area (Å²) in [5, 5.41) is 9.78. The minimum absolute atomic E-state index is 0.00486. The third-order valence-electron chi connectivity index (χ3n) is 1.53. The second kappa shape index (κ2) is 5.62. The van der Waals surface area contributed by atoms with E-state index in [0.717, 1.165) is 21.1 Å². The van der Waals surface area contributed by atoms with E-state index in [0.29, 0.717) is 6.61 Å². The average molecular weight is 310 g/mol. The van der Waals surface area contributed by atoms with Gasteiger partial charge in [-0.25, -0.2) is 0 Å². The maximum atomic E-state index is 9.00. The van der Waals surface area contributed by atoms with Gasteiger partial charge in [0.25, 0.3) is 0 Å². The third-order valence-corrected chi connectivity index (χ3v) is 2.35. The summed E-state index contributed by atoms with van der Waals surface area (Å²) in [6.07, 6.45) is 0. The fourth-order valence-corrected chi connectivity index (χ4v) is 1.44. The van der Waals surface area contributed by atoms with E-state index in [1.165, 1.54) is 0 Å². The van der Waals surface area contributed by atoms with Gasteiger partial charge >= 0.3 is 0 Å². The van der Waals surface area contributed by atoms with Gasteiger partial charge in [-0.05, 0) is 12.1 Å². The summed E-state index contributed by atoms with van der Waals surface area (Å²) >= 11 is 6.62. The largest absolute Gasteiger partial charge is 0.492 e. The van der Waals surface area contributed by atoms with Crippen LogP contribution in [0.5, 0.6) is 5.75 Å². The number of aliphatic hydroxyl groups is 1. The summed E-state index contributed by atoms with van der Waals surface area (Å²) in [7, 11) is 0. The summed E-state index contributed by atoms with van der Waals surface area (Å²) in [6.45, 7) is 0.606. The van der Waals surface area contributed by atoms with Crippen molar-refractivity contribution in [3.8, 4) is 5.75 Å². The first kappa shape index (κ1) is 11.0. The molecule has 0 heterocycles. The fourth-order valence-electron chi connectivity index (χ4n) is 0.942. The number of halogens is 2. The van der Waals surface area contributed by atoms with Crippen LogP contribution in [-0.4, -0.2) is 17.0 Å². The van der Waals surface area contributed by atoms with Gasteiger partial charge in [0.2, 0.25) is 0 Å². The Kier molecular flexibility index (Phi) is 4.77. The predicted octanol–water partition coefficient (Wildman–Crippen LogP) is 2.72. The van der Waals surface area contributed by atoms with E-state index in [4.69, 9.17) is 9.84 Å². The van der Waals surface area contributed by atoms with Crippen LogP contribution >= 0.6 is 31.9 Å². The van der Waals surface area contributed by atoms with E-state index in [1.54, 1.807) is 0 Å². The SMILES string of the molecule is OCc1ccc(Br)cc1OCCBr. The van der Waals surface area contributed by atoms with Crippen LogP contribution in [-0.2, 0) is 6.61 Å². The number of rotatable bonds is 4. The van der Waals surface area contributed by atoms with E-state index in [9.17, 15) is 0 Å². The molecule has 4 heteroatoms. The molecule has 13 heavy (non-hydrogen) atoms. The molecule has 72 valence electrons. The Hall–Kier alpha value is -0.0600. The highest BCUT2D eigenvalue weighted by molar-refractivity contribution is 9.10. The standard InChI is InChI=1S/C9H10Br2O2/c10-3-4-13-9-5-8(11)2-1-7(9)6-12/h1-2,5,12H,3-4,6H2. The summed E-state index contributed by atoms with van der Waals surface area (Å²) < 4.78 is 6.37. The van der Waals surface area contributed by atoms with E-state index in [-0.39, 0.29) is 6.61 Å². The molecule has 1 aromatic rings. The molecule has 2 nitrogen and oxygen atoms in total. The van der Waals surface area contributed by atoms with Gasteiger partial charge in [-0.15, -0.1) is 0 Å². The van der Waals surface area contributed by atoms with Crippen molar-refractivity contribution >= 4 is 31.9 Å². The average Bonchev–Trinajstić information content (AvgIpc) is 2.15. The Balaban J connectivity index is 2.81. The maximum absolute atomic E-state index is 9.00. The molecule has 0 amide bonds. The lowest BCUT2D eigenvalue weighted by atomic mass is 10.2. The number of aliphatic hydroxyl groups excluding tert-OH is 1. The first-order valence-corrected chi connectivity index (χ1v) is 5.77. The molecule has 0 aromatic heterocycles. The Morgan fingerprint density at radius 1 is 1.38 bits per heavy atom. The Morgan fingerprint density at radius 2 is 2.15 bits per heavy atom. The molecule has 1 rings (SSSR count). The minimum atomic E-state index is 0.00486. The lowest BCUT2D eigenvalue weighted by Gasteiger charge is -2.08. The van der Waals surface area contributed by atoms with Crippen LogP contribution in [0, 0.1) is 0 Å². The molecule has 0 atom stereocenters. The van der Waals surface area contributed by atoms with Gasteiger partial charge in [0, 0.05) is 15.4 Å². The maximum Gasteiger partial charge on any atom is 0.125 e. The highest BCUT2D eigenvalue weighted by Crippen LogP contribution is 2.23. The van der Waals surface area contributed by atoms with Crippen LogP contribution in [0.25, 0.3) is 0 Å². The molecule has 0 saturated heterocycles. The highest BCUT2D eigenvalue weighted by Gasteiger charge is 2.02. The Morgan fingerprint density at radius 3 is 2.77 bits per heavy atom. The fraction of sp³-hybridized carbons (Fsp3) is 0.333. The first-order chi connectivity index (χ1) is 6.27. The third kappa shape index (κ3) is 3.29. The van der Waals surface area contributed by atoms with Gasteiger partial charge < -0.3 is 9.84 Å². The van der Waals surface area contributed by atoms with Gasteiger partial charge in [0.1, 0.15) is 5.75 Å². The molecule has 1 aromatic carbocycles. The van der Waals surface area contributed by atoms with Crippen LogP contribution in [0.4, 0.5) is 0 Å². The molecule has 0 aliphatic rings. The number of alkyl halides is 1. The normalized spacial score (nSPS) is 10.1. The van der Waals surface area contributed by atoms with Crippen LogP contribution in [0.2, 0.25) is 0 Å². The second-order valence-corrected chi connectivity index (χ2v) is 4.16. The summed E-state index contributed by atoms with van der Waals surface area (Å²) in [5.41, 5.74) is 0.809. The number of benzene rings is 1. The molecule has 0 spiro atoms. The van der Waals surface area contributed by atoms with Crippen molar-refractivity contribution in [2.45, 2.75) is 6.61 Å². The van der Waals surface area contributed by atoms with Crippen LogP contribution in [0.1, 0.15) is 5.56 Å². The molecular weight excluding hydrogens is 300 g/mol.